The van der Waals surface area contributed by atoms with Crippen molar-refractivity contribution in [3.63, 3.8) is 0 Å². The predicted octanol–water partition coefficient (Wildman–Crippen LogP) is 1.20. The third-order valence-electron chi connectivity index (χ3n) is 3.81. The number of likely N-dealkylation sites (tertiary alicyclic amines) is 1. The van der Waals surface area contributed by atoms with Crippen molar-refractivity contribution >= 4 is 21.4 Å². The largest absolute Gasteiger partial charge is 0.398 e. The van der Waals surface area contributed by atoms with Gasteiger partial charge in [0.2, 0.25) is 10.0 Å². The van der Waals surface area contributed by atoms with Crippen LogP contribution in [0.15, 0.2) is 23.1 Å². The van der Waals surface area contributed by atoms with E-state index < -0.39 is 10.0 Å². The number of nitrogens with zero attached hydrogens (tertiary/aromatic N) is 1. The van der Waals surface area contributed by atoms with Crippen molar-refractivity contribution in [2.45, 2.75) is 37.1 Å². The molecule has 1 aliphatic rings. The molecule has 0 saturated carbocycles. The minimum Gasteiger partial charge on any atom is -0.398 e. The van der Waals surface area contributed by atoms with E-state index in [4.69, 9.17) is 10.9 Å². The lowest BCUT2D eigenvalue weighted by atomic mass is 10.0. The molecule has 1 aromatic rings. The molecule has 1 saturated heterocycles. The Balaban J connectivity index is 1.97. The molecule has 0 amide bonds. The molecular weight excluding hydrogens is 288 g/mol. The number of benzene rings is 1. The van der Waals surface area contributed by atoms with Gasteiger partial charge in [-0.3, -0.25) is 0 Å². The number of nitrogens with two attached hydrogens (primary N) is 2. The van der Waals surface area contributed by atoms with Gasteiger partial charge in [-0.25, -0.2) is 13.6 Å². The second-order valence-corrected chi connectivity index (χ2v) is 7.09. The molecule has 0 radical (unpaired) electrons. The lowest BCUT2D eigenvalue weighted by Gasteiger charge is -2.32. The SMILES string of the molecule is CCCN1CCC(Nc2ccc(S(N)(=O)=O)c(N)c2)CC1. The zero-order chi connectivity index (χ0) is 15.5. The molecule has 21 heavy (non-hydrogen) atoms. The van der Waals surface area contributed by atoms with E-state index in [0.29, 0.717) is 6.04 Å². The topological polar surface area (TPSA) is 101 Å². The third-order valence-corrected chi connectivity index (χ3v) is 4.80. The first-order chi connectivity index (χ1) is 9.90. The van der Waals surface area contributed by atoms with Gasteiger partial charge in [-0.2, -0.15) is 0 Å². The molecular formula is C14H24N4O2S. The van der Waals surface area contributed by atoms with Crippen molar-refractivity contribution in [3.05, 3.63) is 18.2 Å². The van der Waals surface area contributed by atoms with Crippen LogP contribution in [0.1, 0.15) is 26.2 Å². The van der Waals surface area contributed by atoms with E-state index in [1.165, 1.54) is 12.5 Å². The Morgan fingerprint density at radius 3 is 2.52 bits per heavy atom. The molecule has 0 atom stereocenters. The Morgan fingerprint density at radius 2 is 2.00 bits per heavy atom. The number of sulfonamides is 1. The lowest BCUT2D eigenvalue weighted by molar-refractivity contribution is 0.219. The van der Waals surface area contributed by atoms with Gasteiger partial charge in [0.05, 0.1) is 5.69 Å². The van der Waals surface area contributed by atoms with Crippen LogP contribution in [-0.4, -0.2) is 39.0 Å². The summed E-state index contributed by atoms with van der Waals surface area (Å²) in [5.74, 6) is 0. The van der Waals surface area contributed by atoms with E-state index in [9.17, 15) is 8.42 Å². The summed E-state index contributed by atoms with van der Waals surface area (Å²) in [7, 11) is -3.76. The Morgan fingerprint density at radius 1 is 1.33 bits per heavy atom. The molecule has 1 aliphatic heterocycles. The zero-order valence-corrected chi connectivity index (χ0v) is 13.2. The average Bonchev–Trinajstić information content (AvgIpc) is 2.40. The van der Waals surface area contributed by atoms with E-state index in [1.807, 2.05) is 0 Å². The van der Waals surface area contributed by atoms with Gasteiger partial charge in [0.15, 0.2) is 0 Å². The summed E-state index contributed by atoms with van der Waals surface area (Å²) in [4.78, 5) is 2.45. The molecule has 2 rings (SSSR count). The first-order valence-corrected chi connectivity index (χ1v) is 8.86. The fraction of sp³-hybridized carbons (Fsp3) is 0.571. The molecule has 1 fully saturated rings. The number of nitrogens with one attached hydrogen (secondary N) is 1. The number of primary sulfonamides is 1. The van der Waals surface area contributed by atoms with E-state index in [1.54, 1.807) is 12.1 Å². The predicted molar refractivity (Wildman–Crippen MR) is 85.6 cm³/mol. The van der Waals surface area contributed by atoms with Crippen LogP contribution >= 0.6 is 0 Å². The van der Waals surface area contributed by atoms with Crippen LogP contribution in [0.3, 0.4) is 0 Å². The molecule has 118 valence electrons. The number of hydrogen-bond donors (Lipinski definition) is 3. The van der Waals surface area contributed by atoms with E-state index in [-0.39, 0.29) is 10.6 Å². The van der Waals surface area contributed by atoms with Gasteiger partial charge in [-0.1, -0.05) is 6.92 Å². The number of piperidine rings is 1. The van der Waals surface area contributed by atoms with Crippen LogP contribution in [0.4, 0.5) is 11.4 Å². The Labute approximate surface area is 126 Å². The molecule has 7 heteroatoms. The van der Waals surface area contributed by atoms with Crippen molar-refractivity contribution in [1.82, 2.24) is 4.90 Å². The highest BCUT2D eigenvalue weighted by Gasteiger charge is 2.19. The molecule has 0 spiro atoms. The van der Waals surface area contributed by atoms with Crippen LogP contribution < -0.4 is 16.2 Å². The molecule has 5 N–H and O–H groups in total. The standard InChI is InChI=1S/C14H24N4O2S/c1-2-7-18-8-5-11(6-9-18)17-12-3-4-14(13(15)10-12)21(16,19)20/h3-4,10-11,17H,2,5-9,15H2,1H3,(H2,16,19,20). The summed E-state index contributed by atoms with van der Waals surface area (Å²) in [5.41, 5.74) is 6.79. The first-order valence-electron chi connectivity index (χ1n) is 7.31. The second-order valence-electron chi connectivity index (χ2n) is 5.56. The number of rotatable bonds is 5. The van der Waals surface area contributed by atoms with E-state index in [0.717, 1.165) is 38.2 Å². The van der Waals surface area contributed by atoms with Gasteiger partial charge < -0.3 is 16.0 Å². The summed E-state index contributed by atoms with van der Waals surface area (Å²) in [5, 5.41) is 8.52. The molecule has 0 aromatic heterocycles. The Hall–Kier alpha value is -1.31. The number of anilines is 2. The van der Waals surface area contributed by atoms with Crippen LogP contribution in [0, 0.1) is 0 Å². The number of nitrogen functional groups attached to an aromatic ring is 1. The molecule has 0 aliphatic carbocycles. The highest BCUT2D eigenvalue weighted by atomic mass is 32.2. The lowest BCUT2D eigenvalue weighted by Crippen LogP contribution is -2.39. The zero-order valence-electron chi connectivity index (χ0n) is 12.4. The maximum absolute atomic E-state index is 11.3. The fourth-order valence-corrected chi connectivity index (χ4v) is 3.40. The van der Waals surface area contributed by atoms with Crippen molar-refractivity contribution in [1.29, 1.82) is 0 Å². The summed E-state index contributed by atoms with van der Waals surface area (Å²) >= 11 is 0. The minimum absolute atomic E-state index is 0.0224. The van der Waals surface area contributed by atoms with Gasteiger partial charge in [-0.05, 0) is 44.0 Å². The van der Waals surface area contributed by atoms with Gasteiger partial charge >= 0.3 is 0 Å². The maximum Gasteiger partial charge on any atom is 0.240 e. The monoisotopic (exact) mass is 312 g/mol. The van der Waals surface area contributed by atoms with Gasteiger partial charge in [0.1, 0.15) is 4.90 Å². The van der Waals surface area contributed by atoms with Gasteiger partial charge in [-0.15, -0.1) is 0 Å². The maximum atomic E-state index is 11.3. The summed E-state index contributed by atoms with van der Waals surface area (Å²) in [6.07, 6.45) is 3.34. The van der Waals surface area contributed by atoms with Crippen molar-refractivity contribution in [2.24, 2.45) is 5.14 Å². The summed E-state index contributed by atoms with van der Waals surface area (Å²) in [6.45, 7) is 5.54. The molecule has 1 aromatic carbocycles. The average molecular weight is 312 g/mol. The van der Waals surface area contributed by atoms with Crippen LogP contribution in [0.2, 0.25) is 0 Å². The van der Waals surface area contributed by atoms with E-state index >= 15 is 0 Å². The van der Waals surface area contributed by atoms with E-state index in [2.05, 4.69) is 17.1 Å². The smallest absolute Gasteiger partial charge is 0.240 e. The first kappa shape index (κ1) is 16.1. The van der Waals surface area contributed by atoms with Crippen LogP contribution in [0.25, 0.3) is 0 Å². The quantitative estimate of drug-likeness (QED) is 0.709. The van der Waals surface area contributed by atoms with Gasteiger partial charge in [0, 0.05) is 24.8 Å². The highest BCUT2D eigenvalue weighted by molar-refractivity contribution is 7.89. The van der Waals surface area contributed by atoms with Gasteiger partial charge in [0.25, 0.3) is 0 Å². The highest BCUT2D eigenvalue weighted by Crippen LogP contribution is 2.23. The Kier molecular flexibility index (Phi) is 5.08. The molecule has 0 unspecified atom stereocenters. The van der Waals surface area contributed by atoms with Crippen molar-refractivity contribution in [2.75, 3.05) is 30.7 Å². The Bertz CT molecular complexity index is 581. The van der Waals surface area contributed by atoms with Crippen molar-refractivity contribution < 1.29 is 8.42 Å². The van der Waals surface area contributed by atoms with Crippen LogP contribution in [0.5, 0.6) is 0 Å². The van der Waals surface area contributed by atoms with Crippen LogP contribution in [-0.2, 0) is 10.0 Å². The summed E-state index contributed by atoms with van der Waals surface area (Å²) < 4.78 is 22.6. The third kappa shape index (κ3) is 4.33. The minimum atomic E-state index is -3.76. The fourth-order valence-electron chi connectivity index (χ4n) is 2.75. The second kappa shape index (κ2) is 6.64. The van der Waals surface area contributed by atoms with Crippen molar-refractivity contribution in [3.8, 4) is 0 Å². The normalized spacial score (nSPS) is 17.8. The molecule has 1 heterocycles. The summed E-state index contributed by atoms with van der Waals surface area (Å²) in [6, 6.07) is 5.21. The number of hydrogen-bond acceptors (Lipinski definition) is 5. The molecule has 0 bridgehead atoms. The molecule has 6 nitrogen and oxygen atoms in total.